The van der Waals surface area contributed by atoms with Crippen molar-refractivity contribution in [1.82, 2.24) is 0 Å². The summed E-state index contributed by atoms with van der Waals surface area (Å²) in [4.78, 5) is 8.88. The highest BCUT2D eigenvalue weighted by Crippen LogP contribution is 2.17. The van der Waals surface area contributed by atoms with Gasteiger partial charge in [-0.3, -0.25) is 9.98 Å². The molecule has 0 N–H and O–H groups in total. The lowest BCUT2D eigenvalue weighted by atomic mass is 10.1. The van der Waals surface area contributed by atoms with Crippen molar-refractivity contribution in [3.05, 3.63) is 35.4 Å². The van der Waals surface area contributed by atoms with Crippen molar-refractivity contribution in [1.29, 1.82) is 0 Å². The van der Waals surface area contributed by atoms with Gasteiger partial charge in [-0.2, -0.15) is 0 Å². The van der Waals surface area contributed by atoms with Gasteiger partial charge in [-0.15, -0.1) is 0 Å². The molecule has 2 heterocycles. The van der Waals surface area contributed by atoms with Gasteiger partial charge in [-0.05, 0) is 12.1 Å². The largest absolute Gasteiger partial charge is 0.477 e. The molecule has 0 atom stereocenters. The van der Waals surface area contributed by atoms with Crippen LogP contribution < -0.4 is 0 Å². The molecule has 0 saturated heterocycles. The van der Waals surface area contributed by atoms with E-state index in [1.807, 2.05) is 24.3 Å². The minimum atomic E-state index is 0.716. The number of benzene rings is 1. The molecule has 0 bridgehead atoms. The van der Waals surface area contributed by atoms with Gasteiger partial charge in [0, 0.05) is 37.1 Å². The summed E-state index contributed by atoms with van der Waals surface area (Å²) >= 11 is 0. The fraction of sp³-hybridized carbons (Fsp3) is 0.429. The van der Waals surface area contributed by atoms with Crippen molar-refractivity contribution in [2.45, 2.75) is 12.8 Å². The van der Waals surface area contributed by atoms with Crippen LogP contribution in [0.5, 0.6) is 0 Å². The van der Waals surface area contributed by atoms with Gasteiger partial charge < -0.3 is 9.47 Å². The molecule has 0 amide bonds. The summed E-state index contributed by atoms with van der Waals surface area (Å²) in [6.07, 6.45) is 1.98. The first-order valence-corrected chi connectivity index (χ1v) is 6.39. The molecule has 4 heteroatoms. The van der Waals surface area contributed by atoms with Crippen LogP contribution >= 0.6 is 0 Å². The monoisotopic (exact) mass is 244 g/mol. The van der Waals surface area contributed by atoms with E-state index in [9.17, 15) is 0 Å². The van der Waals surface area contributed by atoms with E-state index in [-0.39, 0.29) is 0 Å². The normalized spacial score (nSPS) is 19.3. The maximum absolute atomic E-state index is 5.63. The van der Waals surface area contributed by atoms with E-state index in [1.165, 1.54) is 0 Å². The van der Waals surface area contributed by atoms with E-state index >= 15 is 0 Å². The minimum Gasteiger partial charge on any atom is -0.477 e. The molecule has 2 aliphatic rings. The maximum atomic E-state index is 5.63. The highest BCUT2D eigenvalue weighted by molar-refractivity contribution is 6.07. The Kier molecular flexibility index (Phi) is 3.26. The Morgan fingerprint density at radius 3 is 1.67 bits per heavy atom. The molecule has 1 aromatic rings. The van der Waals surface area contributed by atoms with Crippen LogP contribution in [0.25, 0.3) is 0 Å². The lowest BCUT2D eigenvalue weighted by molar-refractivity contribution is 0.279. The molecule has 4 nitrogen and oxygen atoms in total. The first kappa shape index (κ1) is 11.3. The molecule has 2 aliphatic heterocycles. The van der Waals surface area contributed by atoms with Crippen molar-refractivity contribution in [2.75, 3.05) is 26.3 Å². The SMILES string of the molecule is c1ccc(C2=NCCCO2)c(C2=NCCCO2)c1. The first-order valence-electron chi connectivity index (χ1n) is 6.39. The van der Waals surface area contributed by atoms with Crippen LogP contribution in [0, 0.1) is 0 Å². The van der Waals surface area contributed by atoms with Gasteiger partial charge >= 0.3 is 0 Å². The van der Waals surface area contributed by atoms with Gasteiger partial charge in [0.1, 0.15) is 0 Å². The van der Waals surface area contributed by atoms with Crippen LogP contribution in [0.3, 0.4) is 0 Å². The van der Waals surface area contributed by atoms with Gasteiger partial charge in [0.15, 0.2) is 0 Å². The second kappa shape index (κ2) is 5.21. The summed E-state index contributed by atoms with van der Waals surface area (Å²) in [5.74, 6) is 1.43. The molecule has 94 valence electrons. The van der Waals surface area contributed by atoms with Crippen LogP contribution in [0.4, 0.5) is 0 Å². The standard InChI is InChI=1S/C14H16N2O2/c1-2-6-12(14-16-8-4-10-18-14)11(5-1)13-15-7-3-9-17-13/h1-2,5-6H,3-4,7-10H2. The van der Waals surface area contributed by atoms with Gasteiger partial charge in [0.2, 0.25) is 11.8 Å². The average Bonchev–Trinajstić information content (AvgIpc) is 2.49. The number of hydrogen-bond acceptors (Lipinski definition) is 4. The number of rotatable bonds is 2. The Morgan fingerprint density at radius 2 is 1.28 bits per heavy atom. The third kappa shape index (κ3) is 2.23. The molecular formula is C14H16N2O2. The minimum absolute atomic E-state index is 0.716. The summed E-state index contributed by atoms with van der Waals surface area (Å²) in [5.41, 5.74) is 1.97. The first-order chi connectivity index (χ1) is 8.95. The van der Waals surface area contributed by atoms with Gasteiger partial charge in [-0.1, -0.05) is 12.1 Å². The Bertz CT molecular complexity index is 449. The molecule has 0 saturated carbocycles. The third-order valence-corrected chi connectivity index (χ3v) is 2.98. The topological polar surface area (TPSA) is 43.2 Å². The lowest BCUT2D eigenvalue weighted by Gasteiger charge is -2.19. The Morgan fingerprint density at radius 1 is 0.778 bits per heavy atom. The van der Waals surface area contributed by atoms with Crippen LogP contribution in [-0.2, 0) is 9.47 Å². The van der Waals surface area contributed by atoms with Crippen LogP contribution in [0.1, 0.15) is 24.0 Å². The lowest BCUT2D eigenvalue weighted by Crippen LogP contribution is -2.21. The summed E-state index contributed by atoms with van der Waals surface area (Å²) in [7, 11) is 0. The van der Waals surface area contributed by atoms with E-state index in [1.54, 1.807) is 0 Å². The molecule has 0 radical (unpaired) electrons. The number of ether oxygens (including phenoxy) is 2. The van der Waals surface area contributed by atoms with Gasteiger partial charge in [0.25, 0.3) is 0 Å². The Hall–Kier alpha value is -1.84. The molecule has 0 spiro atoms. The zero-order valence-electron chi connectivity index (χ0n) is 10.3. The van der Waals surface area contributed by atoms with Crippen LogP contribution in [-0.4, -0.2) is 38.1 Å². The van der Waals surface area contributed by atoms with Gasteiger partial charge in [-0.25, -0.2) is 0 Å². The Balaban J connectivity index is 1.99. The fourth-order valence-electron chi connectivity index (χ4n) is 2.10. The molecule has 18 heavy (non-hydrogen) atoms. The number of hydrogen-bond donors (Lipinski definition) is 0. The van der Waals surface area contributed by atoms with Gasteiger partial charge in [0.05, 0.1) is 13.2 Å². The highest BCUT2D eigenvalue weighted by atomic mass is 16.5. The Labute approximate surface area is 106 Å². The van der Waals surface area contributed by atoms with Crippen molar-refractivity contribution in [2.24, 2.45) is 9.98 Å². The molecular weight excluding hydrogens is 228 g/mol. The average molecular weight is 244 g/mol. The smallest absolute Gasteiger partial charge is 0.216 e. The van der Waals surface area contributed by atoms with E-state index < -0.39 is 0 Å². The summed E-state index contributed by atoms with van der Waals surface area (Å²) in [6.45, 7) is 3.13. The quantitative estimate of drug-likeness (QED) is 0.798. The molecule has 0 unspecified atom stereocenters. The predicted octanol–water partition coefficient (Wildman–Crippen LogP) is 2.02. The summed E-state index contributed by atoms with van der Waals surface area (Å²) in [5, 5.41) is 0. The van der Waals surface area contributed by atoms with E-state index in [0.29, 0.717) is 11.8 Å². The summed E-state index contributed by atoms with van der Waals surface area (Å²) in [6, 6.07) is 8.01. The molecule has 0 fully saturated rings. The maximum Gasteiger partial charge on any atom is 0.216 e. The number of nitrogens with zero attached hydrogens (tertiary/aromatic N) is 2. The molecule has 3 rings (SSSR count). The zero-order valence-corrected chi connectivity index (χ0v) is 10.3. The van der Waals surface area contributed by atoms with Crippen LogP contribution in [0.2, 0.25) is 0 Å². The fourth-order valence-corrected chi connectivity index (χ4v) is 2.10. The van der Waals surface area contributed by atoms with E-state index in [2.05, 4.69) is 9.98 Å². The van der Waals surface area contributed by atoms with Crippen molar-refractivity contribution >= 4 is 11.8 Å². The van der Waals surface area contributed by atoms with E-state index in [4.69, 9.17) is 9.47 Å². The predicted molar refractivity (Wildman–Crippen MR) is 70.4 cm³/mol. The zero-order chi connectivity index (χ0) is 12.2. The highest BCUT2D eigenvalue weighted by Gasteiger charge is 2.18. The van der Waals surface area contributed by atoms with Crippen molar-refractivity contribution in [3.63, 3.8) is 0 Å². The van der Waals surface area contributed by atoms with E-state index in [0.717, 1.165) is 50.3 Å². The van der Waals surface area contributed by atoms with Crippen molar-refractivity contribution < 1.29 is 9.47 Å². The second-order valence-corrected chi connectivity index (χ2v) is 4.32. The number of aliphatic imine (C=N–C) groups is 2. The molecule has 1 aromatic carbocycles. The van der Waals surface area contributed by atoms with Crippen LogP contribution in [0.15, 0.2) is 34.3 Å². The third-order valence-electron chi connectivity index (χ3n) is 2.98. The molecule has 0 aliphatic carbocycles. The summed E-state index contributed by atoms with van der Waals surface area (Å²) < 4.78 is 11.3. The molecule has 0 aromatic heterocycles. The second-order valence-electron chi connectivity index (χ2n) is 4.32. The van der Waals surface area contributed by atoms with Crippen molar-refractivity contribution in [3.8, 4) is 0 Å².